The number of carbonyl (C=O) groups excluding carboxylic acids is 5. The Morgan fingerprint density at radius 3 is 2.40 bits per heavy atom. The zero-order valence-electron chi connectivity index (χ0n) is 28.3. The van der Waals surface area contributed by atoms with Gasteiger partial charge < -0.3 is 25.0 Å². The Morgan fingerprint density at radius 2 is 1.71 bits per heavy atom. The van der Waals surface area contributed by atoms with Gasteiger partial charge in [0.05, 0.1) is 48.5 Å². The van der Waals surface area contributed by atoms with E-state index in [-0.39, 0.29) is 42.1 Å². The molecule has 4 heterocycles. The highest BCUT2D eigenvalue weighted by molar-refractivity contribution is 7.11. The van der Waals surface area contributed by atoms with Crippen molar-refractivity contribution in [3.63, 3.8) is 0 Å². The van der Waals surface area contributed by atoms with Crippen LogP contribution in [0.2, 0.25) is 0 Å². The molecule has 5 amide bonds. The molecule has 15 heteroatoms. The average Bonchev–Trinajstić information content (AvgIpc) is 3.92. The van der Waals surface area contributed by atoms with Crippen molar-refractivity contribution in [2.75, 3.05) is 39.3 Å². The van der Waals surface area contributed by atoms with Crippen LogP contribution in [0.5, 0.6) is 5.75 Å². The Hall–Kier alpha value is -4.76. The van der Waals surface area contributed by atoms with Crippen molar-refractivity contribution in [3.05, 3.63) is 81.3 Å². The lowest BCUT2D eigenvalue weighted by atomic mass is 9.77. The number of imide groups is 1. The molecule has 3 aliphatic heterocycles. The van der Waals surface area contributed by atoms with Crippen LogP contribution in [0, 0.1) is 11.8 Å². The van der Waals surface area contributed by atoms with Gasteiger partial charge in [0.2, 0.25) is 11.8 Å². The summed E-state index contributed by atoms with van der Waals surface area (Å²) in [5.41, 5.74) is 3.66. The number of alkyl halides is 2. The smallest absolute Gasteiger partial charge is 0.287 e. The SMILES string of the molecule is O=C(NCC(F)(F)CO)[C@H]1CCCC[C@H]1C(=O)N1CCc2cccc(OC3CCN(C(=O)c4cncs4)C3)c2[C@H]1CN1C(=O)c2ccccc2C1=O. The molecular weight excluding hydrogens is 696 g/mol. The van der Waals surface area contributed by atoms with Crippen molar-refractivity contribution in [1.82, 2.24) is 25.0 Å². The number of halogens is 2. The van der Waals surface area contributed by atoms with Crippen molar-refractivity contribution < 1.29 is 42.6 Å². The maximum atomic E-state index is 14.7. The van der Waals surface area contributed by atoms with E-state index in [1.165, 1.54) is 17.5 Å². The second-order valence-corrected chi connectivity index (χ2v) is 14.7. The third-order valence-electron chi connectivity index (χ3n) is 10.5. The summed E-state index contributed by atoms with van der Waals surface area (Å²) in [7, 11) is 0. The minimum absolute atomic E-state index is 0.130. The maximum Gasteiger partial charge on any atom is 0.287 e. The third kappa shape index (κ3) is 6.90. The van der Waals surface area contributed by atoms with Crippen LogP contribution in [0.25, 0.3) is 0 Å². The first-order chi connectivity index (χ1) is 25.1. The summed E-state index contributed by atoms with van der Waals surface area (Å²) in [6.45, 7) is -1.59. The normalized spacial score (nSPS) is 23.0. The van der Waals surface area contributed by atoms with Gasteiger partial charge in [-0.25, -0.2) is 8.78 Å². The quantitative estimate of drug-likeness (QED) is 0.300. The molecule has 0 bridgehead atoms. The van der Waals surface area contributed by atoms with Crippen LogP contribution in [0.3, 0.4) is 0 Å². The van der Waals surface area contributed by atoms with Crippen molar-refractivity contribution in [2.45, 2.75) is 56.6 Å². The maximum absolute atomic E-state index is 14.7. The Morgan fingerprint density at radius 1 is 0.981 bits per heavy atom. The summed E-state index contributed by atoms with van der Waals surface area (Å²) in [6, 6.07) is 11.3. The molecule has 0 spiro atoms. The van der Waals surface area contributed by atoms with Gasteiger partial charge in [-0.2, -0.15) is 0 Å². The number of aliphatic hydroxyl groups excluding tert-OH is 1. The van der Waals surface area contributed by atoms with Crippen LogP contribution < -0.4 is 10.1 Å². The van der Waals surface area contributed by atoms with E-state index < -0.39 is 54.7 Å². The Balaban J connectivity index is 1.19. The van der Waals surface area contributed by atoms with Gasteiger partial charge in [-0.05, 0) is 43.0 Å². The van der Waals surface area contributed by atoms with E-state index in [0.29, 0.717) is 67.8 Å². The van der Waals surface area contributed by atoms with Gasteiger partial charge in [-0.15, -0.1) is 11.3 Å². The van der Waals surface area contributed by atoms with Crippen LogP contribution in [0.15, 0.2) is 54.2 Å². The number of likely N-dealkylation sites (tertiary alicyclic amines) is 1. The number of benzene rings is 2. The van der Waals surface area contributed by atoms with Crippen LogP contribution in [-0.4, -0.2) is 106 Å². The van der Waals surface area contributed by atoms with E-state index in [9.17, 15) is 32.8 Å². The molecule has 3 aromatic rings. The molecule has 12 nitrogen and oxygen atoms in total. The molecule has 2 N–H and O–H groups in total. The van der Waals surface area contributed by atoms with Crippen molar-refractivity contribution in [2.24, 2.45) is 11.8 Å². The molecule has 2 fully saturated rings. The van der Waals surface area contributed by atoms with Gasteiger partial charge in [0.1, 0.15) is 23.3 Å². The summed E-state index contributed by atoms with van der Waals surface area (Å²) < 4.78 is 34.3. The van der Waals surface area contributed by atoms with Gasteiger partial charge in [-0.3, -0.25) is 33.9 Å². The van der Waals surface area contributed by atoms with Gasteiger partial charge in [0.25, 0.3) is 23.6 Å². The predicted molar refractivity (Wildman–Crippen MR) is 184 cm³/mol. The number of nitrogens with one attached hydrogen (secondary N) is 1. The minimum atomic E-state index is -3.50. The fourth-order valence-electron chi connectivity index (χ4n) is 7.89. The van der Waals surface area contributed by atoms with Crippen LogP contribution in [0.4, 0.5) is 8.78 Å². The Labute approximate surface area is 302 Å². The molecule has 1 saturated heterocycles. The average molecular weight is 736 g/mol. The number of hydrogen-bond donors (Lipinski definition) is 2. The first kappa shape index (κ1) is 35.6. The number of hydrogen-bond acceptors (Lipinski definition) is 9. The fourth-order valence-corrected chi connectivity index (χ4v) is 8.48. The lowest BCUT2D eigenvalue weighted by Crippen LogP contribution is -2.52. The van der Waals surface area contributed by atoms with Gasteiger partial charge in [0.15, 0.2) is 0 Å². The van der Waals surface area contributed by atoms with Crippen LogP contribution in [-0.2, 0) is 16.0 Å². The van der Waals surface area contributed by atoms with E-state index in [0.717, 1.165) is 10.5 Å². The number of ether oxygens (including phenoxy) is 1. The largest absolute Gasteiger partial charge is 0.488 e. The zero-order valence-corrected chi connectivity index (χ0v) is 29.2. The van der Waals surface area contributed by atoms with E-state index in [4.69, 9.17) is 9.84 Å². The lowest BCUT2D eigenvalue weighted by Gasteiger charge is -2.43. The number of aliphatic hydroxyl groups is 1. The Kier molecular flexibility index (Phi) is 10.1. The number of aromatic nitrogens is 1. The highest BCUT2D eigenvalue weighted by Crippen LogP contribution is 2.42. The van der Waals surface area contributed by atoms with Crippen molar-refractivity contribution >= 4 is 40.9 Å². The summed E-state index contributed by atoms with van der Waals surface area (Å²) >= 11 is 1.27. The molecule has 52 heavy (non-hydrogen) atoms. The van der Waals surface area contributed by atoms with Gasteiger partial charge in [-0.1, -0.05) is 37.1 Å². The predicted octanol–water partition coefficient (Wildman–Crippen LogP) is 3.71. The minimum Gasteiger partial charge on any atom is -0.488 e. The monoisotopic (exact) mass is 735 g/mol. The number of fused-ring (bicyclic) bond motifs is 2. The molecule has 1 unspecified atom stereocenters. The summed E-state index contributed by atoms with van der Waals surface area (Å²) in [5.74, 6) is -6.85. The van der Waals surface area contributed by atoms with E-state index in [1.807, 2.05) is 12.1 Å². The highest BCUT2D eigenvalue weighted by Gasteiger charge is 2.46. The van der Waals surface area contributed by atoms with E-state index in [1.54, 1.807) is 45.6 Å². The van der Waals surface area contributed by atoms with E-state index in [2.05, 4.69) is 10.3 Å². The molecule has 4 atom stereocenters. The number of thiazole rings is 1. The molecule has 1 aromatic heterocycles. The van der Waals surface area contributed by atoms with Crippen molar-refractivity contribution in [3.8, 4) is 5.75 Å². The second-order valence-electron chi connectivity index (χ2n) is 13.8. The zero-order chi connectivity index (χ0) is 36.6. The standard InChI is InChI=1S/C37H39F2N5O7S/c38-37(39,20-45)19-41-32(46)24-7-1-2-8-25(24)33(47)43-15-12-22-6-5-11-29(51-23-13-14-42(17-23)36(50)30-16-40-21-52-30)31(22)28(43)18-44-34(48)26-9-3-4-10-27(26)35(44)49/h3-6,9-11,16,21,23-25,28,45H,1-2,7-8,12-15,17-20H2,(H,41,46)/t23?,24-,25+,28+/m0/s1. The number of amides is 5. The van der Waals surface area contributed by atoms with E-state index >= 15 is 0 Å². The summed E-state index contributed by atoms with van der Waals surface area (Å²) in [5, 5.41) is 11.2. The van der Waals surface area contributed by atoms with Crippen LogP contribution >= 0.6 is 11.3 Å². The molecule has 2 aromatic carbocycles. The number of rotatable bonds is 10. The highest BCUT2D eigenvalue weighted by atomic mass is 32.1. The molecule has 4 aliphatic rings. The molecule has 1 saturated carbocycles. The van der Waals surface area contributed by atoms with Crippen molar-refractivity contribution in [1.29, 1.82) is 0 Å². The molecule has 7 rings (SSSR count). The fraction of sp³-hybridized carbons (Fsp3) is 0.459. The molecular formula is C37H39F2N5O7S. The first-order valence-electron chi connectivity index (χ1n) is 17.5. The number of carbonyl (C=O) groups is 5. The molecule has 274 valence electrons. The van der Waals surface area contributed by atoms with Gasteiger partial charge >= 0.3 is 0 Å². The number of nitrogens with zero attached hydrogens (tertiary/aromatic N) is 4. The summed E-state index contributed by atoms with van der Waals surface area (Å²) in [6.07, 6.45) is 4.16. The molecule has 1 aliphatic carbocycles. The summed E-state index contributed by atoms with van der Waals surface area (Å²) in [4.78, 5) is 77.3. The Bertz CT molecular complexity index is 1840. The first-order valence-corrected chi connectivity index (χ1v) is 18.4. The van der Waals surface area contributed by atoms with Gasteiger partial charge in [0, 0.05) is 36.9 Å². The van der Waals surface area contributed by atoms with Crippen LogP contribution in [0.1, 0.15) is 79.7 Å². The topological polar surface area (TPSA) is 149 Å². The third-order valence-corrected chi connectivity index (χ3v) is 11.3. The molecule has 0 radical (unpaired) electrons. The second kappa shape index (κ2) is 14.7. The lowest BCUT2D eigenvalue weighted by molar-refractivity contribution is -0.147.